The van der Waals surface area contributed by atoms with E-state index in [1.165, 1.54) is 32.8 Å². The van der Waals surface area contributed by atoms with Crippen molar-refractivity contribution in [2.45, 2.75) is 45.4 Å². The molecule has 0 amide bonds. The summed E-state index contributed by atoms with van der Waals surface area (Å²) in [5.41, 5.74) is 0. The van der Waals surface area contributed by atoms with Crippen LogP contribution in [0.5, 0.6) is 0 Å². The average molecular weight is 184 g/mol. The van der Waals surface area contributed by atoms with E-state index in [0.29, 0.717) is 5.92 Å². The van der Waals surface area contributed by atoms with Crippen molar-refractivity contribution in [3.63, 3.8) is 0 Å². The van der Waals surface area contributed by atoms with Crippen molar-refractivity contribution in [3.05, 3.63) is 0 Å². The topological polar surface area (TPSA) is 26.3 Å². The van der Waals surface area contributed by atoms with E-state index in [1.807, 2.05) is 0 Å². The number of rotatable bonds is 4. The largest absolute Gasteiger partial charge is 0.469 e. The monoisotopic (exact) mass is 184 g/mol. The Morgan fingerprint density at radius 1 is 1.46 bits per heavy atom. The van der Waals surface area contributed by atoms with Gasteiger partial charge in [0.05, 0.1) is 13.0 Å². The summed E-state index contributed by atoms with van der Waals surface area (Å²) in [7, 11) is 1.50. The van der Waals surface area contributed by atoms with Gasteiger partial charge in [0.2, 0.25) is 0 Å². The van der Waals surface area contributed by atoms with Gasteiger partial charge in [-0.05, 0) is 25.2 Å². The molecule has 1 unspecified atom stereocenters. The molecule has 0 aromatic rings. The number of carbonyl (C=O) groups excluding carboxylic acids is 1. The Labute approximate surface area is 80.7 Å². The Hall–Kier alpha value is -0.530. The molecule has 1 aliphatic carbocycles. The normalized spacial score (nSPS) is 20.2. The van der Waals surface area contributed by atoms with Gasteiger partial charge in [-0.15, -0.1) is 0 Å². The summed E-state index contributed by atoms with van der Waals surface area (Å²) in [4.78, 5) is 11.5. The molecule has 1 atom stereocenters. The van der Waals surface area contributed by atoms with Gasteiger partial charge in [0.25, 0.3) is 0 Å². The highest BCUT2D eigenvalue weighted by molar-refractivity contribution is 5.72. The molecule has 0 aromatic heterocycles. The molecule has 1 saturated carbocycles. The fourth-order valence-electron chi connectivity index (χ4n) is 2.37. The highest BCUT2D eigenvalue weighted by Crippen LogP contribution is 2.34. The first-order valence-electron chi connectivity index (χ1n) is 5.37. The van der Waals surface area contributed by atoms with Crippen LogP contribution in [0.15, 0.2) is 0 Å². The molecule has 2 nitrogen and oxygen atoms in total. The Kier molecular flexibility index (Phi) is 4.26. The first-order valence-corrected chi connectivity index (χ1v) is 5.37. The van der Waals surface area contributed by atoms with Crippen LogP contribution in [0.4, 0.5) is 0 Å². The van der Waals surface area contributed by atoms with E-state index in [2.05, 4.69) is 6.92 Å². The van der Waals surface area contributed by atoms with Crippen molar-refractivity contribution in [1.82, 2.24) is 0 Å². The molecule has 0 heterocycles. The summed E-state index contributed by atoms with van der Waals surface area (Å²) in [6.45, 7) is 2.13. The van der Waals surface area contributed by atoms with Crippen LogP contribution >= 0.6 is 0 Å². The van der Waals surface area contributed by atoms with E-state index in [-0.39, 0.29) is 11.9 Å². The molecule has 76 valence electrons. The van der Waals surface area contributed by atoms with Gasteiger partial charge in [-0.3, -0.25) is 4.79 Å². The summed E-state index contributed by atoms with van der Waals surface area (Å²) >= 11 is 0. The number of methoxy groups -OCH3 is 1. The van der Waals surface area contributed by atoms with Crippen LogP contribution in [0.1, 0.15) is 45.4 Å². The number of hydrogen-bond donors (Lipinski definition) is 0. The first kappa shape index (κ1) is 10.6. The number of hydrogen-bond acceptors (Lipinski definition) is 2. The fourth-order valence-corrected chi connectivity index (χ4v) is 2.37. The summed E-state index contributed by atoms with van der Waals surface area (Å²) in [6.07, 6.45) is 7.11. The lowest BCUT2D eigenvalue weighted by Gasteiger charge is -2.19. The molecule has 0 saturated heterocycles. The third kappa shape index (κ3) is 2.71. The second-order valence-electron chi connectivity index (χ2n) is 3.96. The molecular formula is C11H20O2. The summed E-state index contributed by atoms with van der Waals surface area (Å²) in [5, 5.41) is 0. The van der Waals surface area contributed by atoms with Gasteiger partial charge < -0.3 is 4.74 Å². The van der Waals surface area contributed by atoms with Gasteiger partial charge in [-0.2, -0.15) is 0 Å². The highest BCUT2D eigenvalue weighted by Gasteiger charge is 2.30. The molecule has 0 spiro atoms. The zero-order chi connectivity index (χ0) is 9.68. The molecule has 2 heteroatoms. The lowest BCUT2D eigenvalue weighted by molar-refractivity contribution is -0.147. The van der Waals surface area contributed by atoms with Crippen molar-refractivity contribution < 1.29 is 9.53 Å². The molecule has 1 rings (SSSR count). The lowest BCUT2D eigenvalue weighted by Crippen LogP contribution is -2.23. The van der Waals surface area contributed by atoms with E-state index < -0.39 is 0 Å². The summed E-state index contributed by atoms with van der Waals surface area (Å²) < 4.78 is 4.84. The van der Waals surface area contributed by atoms with Crippen LogP contribution in [-0.4, -0.2) is 13.1 Å². The Balaban J connectivity index is 2.49. The highest BCUT2D eigenvalue weighted by atomic mass is 16.5. The molecular weight excluding hydrogens is 164 g/mol. The van der Waals surface area contributed by atoms with Crippen molar-refractivity contribution in [2.75, 3.05) is 7.11 Å². The average Bonchev–Trinajstić information content (AvgIpc) is 2.65. The van der Waals surface area contributed by atoms with Gasteiger partial charge in [0.1, 0.15) is 0 Å². The predicted octanol–water partition coefficient (Wildman–Crippen LogP) is 2.77. The molecule has 0 N–H and O–H groups in total. The van der Waals surface area contributed by atoms with E-state index in [1.54, 1.807) is 0 Å². The maximum absolute atomic E-state index is 11.5. The van der Waals surface area contributed by atoms with Crippen LogP contribution < -0.4 is 0 Å². The third-order valence-corrected chi connectivity index (χ3v) is 3.07. The van der Waals surface area contributed by atoms with Gasteiger partial charge in [-0.1, -0.05) is 26.2 Å². The standard InChI is InChI=1S/C11H20O2/c1-3-6-10(11(12)13-2)9-7-4-5-8-9/h9-10H,3-8H2,1-2H3. The Morgan fingerprint density at radius 3 is 2.54 bits per heavy atom. The van der Waals surface area contributed by atoms with Crippen LogP contribution in [-0.2, 0) is 9.53 Å². The van der Waals surface area contributed by atoms with Crippen molar-refractivity contribution >= 4 is 5.97 Å². The van der Waals surface area contributed by atoms with Crippen molar-refractivity contribution in [3.8, 4) is 0 Å². The Bertz CT molecular complexity index is 159. The quantitative estimate of drug-likeness (QED) is 0.628. The molecule has 1 aliphatic rings. The molecule has 1 fully saturated rings. The zero-order valence-corrected chi connectivity index (χ0v) is 8.71. The van der Waals surface area contributed by atoms with Crippen LogP contribution in [0.25, 0.3) is 0 Å². The van der Waals surface area contributed by atoms with Gasteiger partial charge in [0, 0.05) is 0 Å². The predicted molar refractivity (Wildman–Crippen MR) is 52.4 cm³/mol. The maximum Gasteiger partial charge on any atom is 0.308 e. The van der Waals surface area contributed by atoms with Crippen LogP contribution in [0, 0.1) is 11.8 Å². The molecule has 0 radical (unpaired) electrons. The third-order valence-electron chi connectivity index (χ3n) is 3.07. The van der Waals surface area contributed by atoms with E-state index in [0.717, 1.165) is 12.8 Å². The van der Waals surface area contributed by atoms with Crippen LogP contribution in [0.2, 0.25) is 0 Å². The summed E-state index contributed by atoms with van der Waals surface area (Å²) in [5.74, 6) is 0.790. The summed E-state index contributed by atoms with van der Waals surface area (Å²) in [6, 6.07) is 0. The second-order valence-corrected chi connectivity index (χ2v) is 3.96. The molecule has 0 aliphatic heterocycles. The van der Waals surface area contributed by atoms with Gasteiger partial charge in [-0.25, -0.2) is 0 Å². The smallest absolute Gasteiger partial charge is 0.308 e. The minimum absolute atomic E-state index is 0.00810. The molecule has 13 heavy (non-hydrogen) atoms. The van der Waals surface area contributed by atoms with E-state index >= 15 is 0 Å². The molecule has 0 aromatic carbocycles. The van der Waals surface area contributed by atoms with Gasteiger partial charge >= 0.3 is 5.97 Å². The second kappa shape index (κ2) is 5.25. The fraction of sp³-hybridized carbons (Fsp3) is 0.909. The SMILES string of the molecule is CCCC(C(=O)OC)C1CCCC1. The van der Waals surface area contributed by atoms with Crippen LogP contribution in [0.3, 0.4) is 0 Å². The minimum atomic E-state index is 0.00810. The lowest BCUT2D eigenvalue weighted by atomic mass is 9.87. The van der Waals surface area contributed by atoms with Crippen molar-refractivity contribution in [1.29, 1.82) is 0 Å². The van der Waals surface area contributed by atoms with E-state index in [9.17, 15) is 4.79 Å². The van der Waals surface area contributed by atoms with E-state index in [4.69, 9.17) is 4.74 Å². The van der Waals surface area contributed by atoms with Crippen molar-refractivity contribution in [2.24, 2.45) is 11.8 Å². The minimum Gasteiger partial charge on any atom is -0.469 e. The maximum atomic E-state index is 11.5. The number of esters is 1. The number of carbonyl (C=O) groups is 1. The molecule has 0 bridgehead atoms. The number of ether oxygens (including phenoxy) is 1. The Morgan fingerprint density at radius 2 is 2.08 bits per heavy atom. The zero-order valence-electron chi connectivity index (χ0n) is 8.71. The first-order chi connectivity index (χ1) is 6.29. The van der Waals surface area contributed by atoms with Gasteiger partial charge in [0.15, 0.2) is 0 Å².